The molecule has 16 heavy (non-hydrogen) atoms. The van der Waals surface area contributed by atoms with Crippen LogP contribution in [0.25, 0.3) is 0 Å². The Bertz CT molecular complexity index is 376. The largest absolute Gasteiger partial charge is 0.309 e. The Hall–Kier alpha value is -1.26. The van der Waals surface area contributed by atoms with Crippen LogP contribution in [0.1, 0.15) is 38.3 Å². The van der Waals surface area contributed by atoms with Gasteiger partial charge < -0.3 is 5.32 Å². The molecule has 0 aliphatic rings. The highest BCUT2D eigenvalue weighted by Gasteiger charge is 2.16. The average molecular weight is 215 g/mol. The second kappa shape index (κ2) is 5.72. The van der Waals surface area contributed by atoms with Crippen molar-refractivity contribution in [3.63, 3.8) is 0 Å². The summed E-state index contributed by atoms with van der Waals surface area (Å²) in [5.41, 5.74) is 2.73. The van der Waals surface area contributed by atoms with Gasteiger partial charge in [-0.2, -0.15) is 0 Å². The lowest BCUT2D eigenvalue weighted by molar-refractivity contribution is 0.506. The molecule has 0 fully saturated rings. The normalized spacial score (nSPS) is 10.8. The summed E-state index contributed by atoms with van der Waals surface area (Å²) in [6, 6.07) is 8.59. The van der Waals surface area contributed by atoms with Crippen molar-refractivity contribution in [3.05, 3.63) is 35.4 Å². The molecule has 0 bridgehead atoms. The quantitative estimate of drug-likeness (QED) is 0.764. The van der Waals surface area contributed by atoms with E-state index in [-0.39, 0.29) is 5.41 Å². The van der Waals surface area contributed by atoms with Crippen LogP contribution in [0.15, 0.2) is 24.3 Å². The minimum Gasteiger partial charge on any atom is -0.309 e. The Labute approximate surface area is 99.3 Å². The van der Waals surface area contributed by atoms with E-state index in [9.17, 15) is 0 Å². The van der Waals surface area contributed by atoms with Gasteiger partial charge in [-0.15, -0.1) is 0 Å². The van der Waals surface area contributed by atoms with Crippen LogP contribution < -0.4 is 5.32 Å². The molecule has 0 heterocycles. The fourth-order valence-corrected chi connectivity index (χ4v) is 1.44. The molecule has 1 aromatic rings. The van der Waals surface area contributed by atoms with Crippen molar-refractivity contribution in [2.75, 3.05) is 13.6 Å². The Kier molecular flexibility index (Phi) is 4.58. The molecule has 1 N–H and O–H groups in total. The van der Waals surface area contributed by atoms with Gasteiger partial charge in [0.1, 0.15) is 0 Å². The van der Waals surface area contributed by atoms with E-state index in [4.69, 9.17) is 0 Å². The molecule has 1 aromatic carbocycles. The molecule has 1 nitrogen and oxygen atoms in total. The van der Waals surface area contributed by atoms with E-state index >= 15 is 0 Å². The summed E-state index contributed by atoms with van der Waals surface area (Å²) in [5, 5.41) is 3.01. The number of hydrogen-bond acceptors (Lipinski definition) is 1. The standard InChI is InChI=1S/C15H21N/c1-5-15(2,3)14-10-8-13(9-11-14)7-6-12-16-4/h8-11,16H,5,12H2,1-4H3. The smallest absolute Gasteiger partial charge is 0.0577 e. The van der Waals surface area contributed by atoms with Crippen LogP contribution in [0.2, 0.25) is 0 Å². The molecule has 0 atom stereocenters. The van der Waals surface area contributed by atoms with Crippen LogP contribution in [-0.2, 0) is 5.41 Å². The molecule has 0 aromatic heterocycles. The highest BCUT2D eigenvalue weighted by molar-refractivity contribution is 5.38. The molecule has 1 rings (SSSR count). The Morgan fingerprint density at radius 2 is 1.81 bits per heavy atom. The summed E-state index contributed by atoms with van der Waals surface area (Å²) in [6.07, 6.45) is 1.15. The third kappa shape index (κ3) is 3.40. The molecule has 86 valence electrons. The van der Waals surface area contributed by atoms with E-state index in [0.29, 0.717) is 0 Å². The number of benzene rings is 1. The Balaban J connectivity index is 2.81. The minimum atomic E-state index is 0.261. The van der Waals surface area contributed by atoms with E-state index in [0.717, 1.165) is 18.5 Å². The lowest BCUT2D eigenvalue weighted by Crippen LogP contribution is -2.15. The van der Waals surface area contributed by atoms with Gasteiger partial charge in [-0.05, 0) is 36.6 Å². The van der Waals surface area contributed by atoms with Gasteiger partial charge in [-0.25, -0.2) is 0 Å². The van der Waals surface area contributed by atoms with Crippen molar-refractivity contribution in [3.8, 4) is 11.8 Å². The maximum Gasteiger partial charge on any atom is 0.0577 e. The first-order valence-electron chi connectivity index (χ1n) is 5.84. The summed E-state index contributed by atoms with van der Waals surface area (Å²) in [5.74, 6) is 6.19. The van der Waals surface area contributed by atoms with Gasteiger partial charge in [0, 0.05) is 5.56 Å². The lowest BCUT2D eigenvalue weighted by atomic mass is 9.82. The lowest BCUT2D eigenvalue weighted by Gasteiger charge is -2.23. The fourth-order valence-electron chi connectivity index (χ4n) is 1.44. The van der Waals surface area contributed by atoms with Gasteiger partial charge in [0.25, 0.3) is 0 Å². The molecule has 0 amide bonds. The van der Waals surface area contributed by atoms with Crippen LogP contribution in [0.4, 0.5) is 0 Å². The van der Waals surface area contributed by atoms with Gasteiger partial charge in [0.2, 0.25) is 0 Å². The number of rotatable bonds is 3. The van der Waals surface area contributed by atoms with Crippen molar-refractivity contribution in [2.45, 2.75) is 32.6 Å². The molecule has 0 aliphatic carbocycles. The minimum absolute atomic E-state index is 0.261. The van der Waals surface area contributed by atoms with Gasteiger partial charge >= 0.3 is 0 Å². The van der Waals surface area contributed by atoms with Crippen LogP contribution in [-0.4, -0.2) is 13.6 Å². The van der Waals surface area contributed by atoms with Gasteiger partial charge in [-0.1, -0.05) is 44.7 Å². The van der Waals surface area contributed by atoms with Crippen molar-refractivity contribution in [2.24, 2.45) is 0 Å². The van der Waals surface area contributed by atoms with E-state index in [1.54, 1.807) is 0 Å². The molecule has 0 saturated carbocycles. The fraction of sp³-hybridized carbons (Fsp3) is 0.467. The molecule has 1 heteroatoms. The molecule has 0 radical (unpaired) electrons. The third-order valence-corrected chi connectivity index (χ3v) is 3.05. The Morgan fingerprint density at radius 1 is 1.19 bits per heavy atom. The predicted octanol–water partition coefficient (Wildman–Crippen LogP) is 2.95. The summed E-state index contributed by atoms with van der Waals surface area (Å²) in [4.78, 5) is 0. The molecular formula is C15H21N. The molecule has 0 saturated heterocycles. The van der Waals surface area contributed by atoms with E-state index in [2.05, 4.69) is 62.2 Å². The second-order valence-corrected chi connectivity index (χ2v) is 4.65. The zero-order chi connectivity index (χ0) is 12.0. The van der Waals surface area contributed by atoms with Crippen LogP contribution in [0, 0.1) is 11.8 Å². The van der Waals surface area contributed by atoms with Crippen molar-refractivity contribution < 1.29 is 0 Å². The highest BCUT2D eigenvalue weighted by Crippen LogP contribution is 2.26. The van der Waals surface area contributed by atoms with Crippen molar-refractivity contribution in [1.29, 1.82) is 0 Å². The van der Waals surface area contributed by atoms with Gasteiger partial charge in [-0.3, -0.25) is 0 Å². The molecule has 0 spiro atoms. The van der Waals surface area contributed by atoms with Crippen LogP contribution >= 0.6 is 0 Å². The molecular weight excluding hydrogens is 194 g/mol. The third-order valence-electron chi connectivity index (χ3n) is 3.05. The van der Waals surface area contributed by atoms with E-state index in [1.807, 2.05) is 7.05 Å². The monoisotopic (exact) mass is 215 g/mol. The number of hydrogen-bond donors (Lipinski definition) is 1. The van der Waals surface area contributed by atoms with Gasteiger partial charge in [0.05, 0.1) is 6.54 Å². The predicted molar refractivity (Wildman–Crippen MR) is 70.6 cm³/mol. The van der Waals surface area contributed by atoms with E-state index in [1.165, 1.54) is 5.56 Å². The van der Waals surface area contributed by atoms with Crippen molar-refractivity contribution >= 4 is 0 Å². The van der Waals surface area contributed by atoms with Gasteiger partial charge in [0.15, 0.2) is 0 Å². The van der Waals surface area contributed by atoms with Crippen LogP contribution in [0.5, 0.6) is 0 Å². The van der Waals surface area contributed by atoms with Crippen LogP contribution in [0.3, 0.4) is 0 Å². The highest BCUT2D eigenvalue weighted by atomic mass is 14.8. The summed E-state index contributed by atoms with van der Waals surface area (Å²) in [6.45, 7) is 7.51. The zero-order valence-corrected chi connectivity index (χ0v) is 10.7. The SMILES string of the molecule is CCC(C)(C)c1ccc(C#CCNC)cc1. The summed E-state index contributed by atoms with van der Waals surface area (Å²) in [7, 11) is 1.90. The first-order chi connectivity index (χ1) is 7.60. The molecule has 0 aliphatic heterocycles. The number of nitrogens with one attached hydrogen (secondary N) is 1. The first kappa shape index (κ1) is 12.8. The summed E-state index contributed by atoms with van der Waals surface area (Å²) >= 11 is 0. The zero-order valence-electron chi connectivity index (χ0n) is 10.7. The summed E-state index contributed by atoms with van der Waals surface area (Å²) < 4.78 is 0. The van der Waals surface area contributed by atoms with Crippen molar-refractivity contribution in [1.82, 2.24) is 5.32 Å². The topological polar surface area (TPSA) is 12.0 Å². The molecule has 0 unspecified atom stereocenters. The maximum atomic E-state index is 3.13. The Morgan fingerprint density at radius 3 is 2.31 bits per heavy atom. The van der Waals surface area contributed by atoms with E-state index < -0.39 is 0 Å². The second-order valence-electron chi connectivity index (χ2n) is 4.65. The first-order valence-corrected chi connectivity index (χ1v) is 5.84. The average Bonchev–Trinajstić information content (AvgIpc) is 2.30. The maximum absolute atomic E-state index is 3.13.